The van der Waals surface area contributed by atoms with E-state index in [-0.39, 0.29) is 0 Å². The molecule has 1 saturated heterocycles. The molecule has 2 unspecified atom stereocenters. The van der Waals surface area contributed by atoms with E-state index >= 15 is 0 Å². The highest BCUT2D eigenvalue weighted by atomic mass is 16.5. The Morgan fingerprint density at radius 2 is 2.29 bits per heavy atom. The average molecular weight is 241 g/mol. The minimum absolute atomic E-state index is 0.365. The third-order valence-electron chi connectivity index (χ3n) is 4.33. The number of carboxylic acid groups (broad SMARTS) is 1. The minimum atomic E-state index is -0.702. The molecule has 1 N–H and O–H groups in total. The Balaban J connectivity index is 1.98. The molecule has 4 heteroatoms. The van der Waals surface area contributed by atoms with Gasteiger partial charge < -0.3 is 14.7 Å². The summed E-state index contributed by atoms with van der Waals surface area (Å²) in [7, 11) is 2.04. The van der Waals surface area contributed by atoms with Gasteiger partial charge in [0.15, 0.2) is 0 Å². The maximum atomic E-state index is 11.5. The van der Waals surface area contributed by atoms with Crippen molar-refractivity contribution < 1.29 is 14.6 Å². The van der Waals surface area contributed by atoms with Crippen LogP contribution in [-0.2, 0) is 9.53 Å². The van der Waals surface area contributed by atoms with Crippen LogP contribution in [-0.4, -0.2) is 48.8 Å². The second-order valence-electron chi connectivity index (χ2n) is 5.73. The fourth-order valence-corrected chi connectivity index (χ4v) is 2.77. The van der Waals surface area contributed by atoms with Crippen LogP contribution in [0.15, 0.2) is 0 Å². The Hall–Kier alpha value is -0.610. The second-order valence-corrected chi connectivity index (χ2v) is 5.73. The molecular weight excluding hydrogens is 218 g/mol. The van der Waals surface area contributed by atoms with E-state index in [1.807, 2.05) is 7.05 Å². The number of hydrogen-bond acceptors (Lipinski definition) is 3. The van der Waals surface area contributed by atoms with Crippen molar-refractivity contribution >= 4 is 5.97 Å². The summed E-state index contributed by atoms with van der Waals surface area (Å²) in [5.41, 5.74) is -0.684. The zero-order valence-electron chi connectivity index (χ0n) is 10.8. The number of carboxylic acids is 1. The van der Waals surface area contributed by atoms with Crippen LogP contribution in [0.3, 0.4) is 0 Å². The van der Waals surface area contributed by atoms with Crippen molar-refractivity contribution in [3.8, 4) is 0 Å². The maximum absolute atomic E-state index is 11.5. The fraction of sp³-hybridized carbons (Fsp3) is 0.923. The first-order valence-electron chi connectivity index (χ1n) is 6.56. The highest BCUT2D eigenvalue weighted by Crippen LogP contribution is 2.37. The summed E-state index contributed by atoms with van der Waals surface area (Å²) < 4.78 is 5.40. The first kappa shape index (κ1) is 12.8. The van der Waals surface area contributed by atoms with Crippen LogP contribution in [0, 0.1) is 11.3 Å². The van der Waals surface area contributed by atoms with Crippen molar-refractivity contribution in [3.63, 3.8) is 0 Å². The van der Waals surface area contributed by atoms with Gasteiger partial charge >= 0.3 is 5.97 Å². The predicted octanol–water partition coefficient (Wildman–Crippen LogP) is 1.60. The summed E-state index contributed by atoms with van der Waals surface area (Å²) in [5.74, 6) is 0.0717. The normalized spacial score (nSPS) is 31.5. The molecule has 2 aliphatic rings. The van der Waals surface area contributed by atoms with E-state index in [1.165, 1.54) is 12.8 Å². The van der Waals surface area contributed by atoms with Gasteiger partial charge in [-0.25, -0.2) is 0 Å². The Bertz CT molecular complexity index is 282. The molecule has 98 valence electrons. The van der Waals surface area contributed by atoms with Crippen molar-refractivity contribution in [2.24, 2.45) is 11.3 Å². The lowest BCUT2D eigenvalue weighted by Crippen LogP contribution is -2.49. The zero-order chi connectivity index (χ0) is 12.5. The molecule has 1 heterocycles. The van der Waals surface area contributed by atoms with Crippen molar-refractivity contribution in [1.29, 1.82) is 0 Å². The van der Waals surface area contributed by atoms with Gasteiger partial charge in [0.05, 0.1) is 6.61 Å². The molecule has 1 aliphatic heterocycles. The molecule has 0 aromatic rings. The van der Waals surface area contributed by atoms with E-state index in [0.29, 0.717) is 25.8 Å². The number of rotatable bonds is 5. The predicted molar refractivity (Wildman–Crippen MR) is 64.9 cm³/mol. The topological polar surface area (TPSA) is 49.8 Å². The smallest absolute Gasteiger partial charge is 0.313 e. The van der Waals surface area contributed by atoms with Crippen LogP contribution >= 0.6 is 0 Å². The van der Waals surface area contributed by atoms with Crippen molar-refractivity contribution in [1.82, 2.24) is 4.90 Å². The van der Waals surface area contributed by atoms with Gasteiger partial charge in [-0.3, -0.25) is 4.79 Å². The van der Waals surface area contributed by atoms with E-state index < -0.39 is 11.4 Å². The number of aliphatic carboxylic acids is 1. The Morgan fingerprint density at radius 1 is 1.59 bits per heavy atom. The van der Waals surface area contributed by atoms with Crippen LogP contribution in [0.4, 0.5) is 0 Å². The monoisotopic (exact) mass is 241 g/mol. The first-order chi connectivity index (χ1) is 8.05. The van der Waals surface area contributed by atoms with E-state index in [2.05, 4.69) is 11.8 Å². The minimum Gasteiger partial charge on any atom is -0.481 e. The van der Waals surface area contributed by atoms with Crippen LogP contribution in [0.5, 0.6) is 0 Å². The molecule has 0 amide bonds. The van der Waals surface area contributed by atoms with Gasteiger partial charge in [0.1, 0.15) is 5.41 Å². The fourth-order valence-electron chi connectivity index (χ4n) is 2.77. The highest BCUT2D eigenvalue weighted by Gasteiger charge is 2.43. The lowest BCUT2D eigenvalue weighted by molar-refractivity contribution is -0.159. The van der Waals surface area contributed by atoms with Crippen molar-refractivity contribution in [3.05, 3.63) is 0 Å². The Morgan fingerprint density at radius 3 is 2.76 bits per heavy atom. The number of carbonyl (C=O) groups is 1. The van der Waals surface area contributed by atoms with Gasteiger partial charge in [-0.15, -0.1) is 0 Å². The SMILES string of the molecule is CC(C1CC1)N(C)CC1(C(=O)O)CCCOC1. The van der Waals surface area contributed by atoms with Crippen LogP contribution in [0.2, 0.25) is 0 Å². The molecule has 0 aromatic carbocycles. The quantitative estimate of drug-likeness (QED) is 0.794. The van der Waals surface area contributed by atoms with Gasteiger partial charge in [0.2, 0.25) is 0 Å². The molecule has 0 radical (unpaired) electrons. The lowest BCUT2D eigenvalue weighted by atomic mass is 9.81. The molecule has 0 bridgehead atoms. The third-order valence-corrected chi connectivity index (χ3v) is 4.33. The summed E-state index contributed by atoms with van der Waals surface area (Å²) in [5, 5.41) is 9.47. The van der Waals surface area contributed by atoms with Crippen LogP contribution < -0.4 is 0 Å². The maximum Gasteiger partial charge on any atom is 0.313 e. The molecule has 1 aliphatic carbocycles. The summed E-state index contributed by atoms with van der Waals surface area (Å²) in [6, 6.07) is 0.494. The molecule has 2 rings (SSSR count). The standard InChI is InChI=1S/C13H23NO3/c1-10(11-4-5-11)14(2)8-13(12(15)16)6-3-7-17-9-13/h10-11H,3-9H2,1-2H3,(H,15,16). The zero-order valence-corrected chi connectivity index (χ0v) is 10.8. The number of nitrogens with zero attached hydrogens (tertiary/aromatic N) is 1. The van der Waals surface area contributed by atoms with Gasteiger partial charge in [0, 0.05) is 19.2 Å². The molecule has 0 spiro atoms. The van der Waals surface area contributed by atoms with Gasteiger partial charge in [-0.2, -0.15) is 0 Å². The van der Waals surface area contributed by atoms with Crippen molar-refractivity contribution in [2.45, 2.75) is 38.6 Å². The molecule has 2 atom stereocenters. The summed E-state index contributed by atoms with van der Waals surface area (Å²) in [6.07, 6.45) is 4.19. The molecule has 2 fully saturated rings. The van der Waals surface area contributed by atoms with E-state index in [9.17, 15) is 9.90 Å². The summed E-state index contributed by atoms with van der Waals surface area (Å²) in [4.78, 5) is 13.7. The Kier molecular flexibility index (Phi) is 3.73. The summed E-state index contributed by atoms with van der Waals surface area (Å²) in [6.45, 7) is 3.89. The first-order valence-corrected chi connectivity index (χ1v) is 6.56. The largest absolute Gasteiger partial charge is 0.481 e. The summed E-state index contributed by atoms with van der Waals surface area (Å²) >= 11 is 0. The average Bonchev–Trinajstić information content (AvgIpc) is 3.13. The van der Waals surface area contributed by atoms with Crippen LogP contribution in [0.25, 0.3) is 0 Å². The highest BCUT2D eigenvalue weighted by molar-refractivity contribution is 5.75. The van der Waals surface area contributed by atoms with Crippen molar-refractivity contribution in [2.75, 3.05) is 26.8 Å². The lowest BCUT2D eigenvalue weighted by Gasteiger charge is -2.38. The molecule has 4 nitrogen and oxygen atoms in total. The van der Waals surface area contributed by atoms with Crippen LogP contribution in [0.1, 0.15) is 32.6 Å². The Labute approximate surface area is 103 Å². The second kappa shape index (κ2) is 4.94. The molecule has 0 aromatic heterocycles. The number of ether oxygens (including phenoxy) is 1. The van der Waals surface area contributed by atoms with Gasteiger partial charge in [-0.05, 0) is 45.6 Å². The molecule has 1 saturated carbocycles. The van der Waals surface area contributed by atoms with E-state index in [1.54, 1.807) is 0 Å². The number of hydrogen-bond donors (Lipinski definition) is 1. The molecule has 17 heavy (non-hydrogen) atoms. The third kappa shape index (κ3) is 2.80. The van der Waals surface area contributed by atoms with E-state index in [0.717, 1.165) is 18.8 Å². The van der Waals surface area contributed by atoms with Gasteiger partial charge in [-0.1, -0.05) is 0 Å². The van der Waals surface area contributed by atoms with Gasteiger partial charge in [0.25, 0.3) is 0 Å². The van der Waals surface area contributed by atoms with E-state index in [4.69, 9.17) is 4.74 Å². The molecular formula is C13H23NO3.